The van der Waals surface area contributed by atoms with Crippen LogP contribution < -0.4 is 5.32 Å². The maximum absolute atomic E-state index is 12.0. The molecule has 0 unspecified atom stereocenters. The van der Waals surface area contributed by atoms with Crippen molar-refractivity contribution in [2.24, 2.45) is 0 Å². The molecule has 0 atom stereocenters. The maximum atomic E-state index is 12.0. The first kappa shape index (κ1) is 19.4. The molecule has 146 valence electrons. The highest BCUT2D eigenvalue weighted by Crippen LogP contribution is 2.44. The van der Waals surface area contributed by atoms with Gasteiger partial charge in [-0.2, -0.15) is 0 Å². The number of esters is 1. The Morgan fingerprint density at radius 2 is 1.57 bits per heavy atom. The molecule has 1 aliphatic rings. The van der Waals surface area contributed by atoms with Crippen LogP contribution in [0.5, 0.6) is 0 Å². The van der Waals surface area contributed by atoms with Crippen molar-refractivity contribution in [2.45, 2.75) is 5.92 Å². The Labute approximate surface area is 163 Å². The molecule has 1 N–H and O–H groups in total. The third-order valence-electron chi connectivity index (χ3n) is 4.75. The highest BCUT2D eigenvalue weighted by molar-refractivity contribution is 5.85. The summed E-state index contributed by atoms with van der Waals surface area (Å²) in [5.74, 6) is -0.994. The Hall–Kier alpha value is -3.35. The second-order valence-corrected chi connectivity index (χ2v) is 6.51. The van der Waals surface area contributed by atoms with E-state index < -0.39 is 18.0 Å². The Morgan fingerprint density at radius 1 is 1.00 bits per heavy atom. The largest absolute Gasteiger partial charge is 0.468 e. The van der Waals surface area contributed by atoms with E-state index in [2.05, 4.69) is 22.2 Å². The van der Waals surface area contributed by atoms with Crippen LogP contribution in [0.1, 0.15) is 17.0 Å². The average Bonchev–Trinajstić information content (AvgIpc) is 3.04. The quantitative estimate of drug-likeness (QED) is 0.774. The molecule has 0 bridgehead atoms. The van der Waals surface area contributed by atoms with E-state index in [4.69, 9.17) is 4.74 Å². The van der Waals surface area contributed by atoms with Crippen LogP contribution in [-0.4, -0.2) is 56.7 Å². The molecule has 0 saturated carbocycles. The molecular formula is C21H22N2O5. The zero-order chi connectivity index (χ0) is 20.1. The highest BCUT2D eigenvalue weighted by Gasteiger charge is 2.29. The van der Waals surface area contributed by atoms with Gasteiger partial charge in [0, 0.05) is 13.0 Å². The van der Waals surface area contributed by atoms with E-state index in [0.717, 1.165) is 22.3 Å². The number of likely N-dealkylation sites (N-methyl/N-ethyl adjacent to an activating group) is 1. The summed E-state index contributed by atoms with van der Waals surface area (Å²) in [7, 11) is 2.70. The van der Waals surface area contributed by atoms with Crippen LogP contribution >= 0.6 is 0 Å². The van der Waals surface area contributed by atoms with Crippen molar-refractivity contribution >= 4 is 18.0 Å². The van der Waals surface area contributed by atoms with Gasteiger partial charge in [0.05, 0.1) is 7.11 Å². The minimum atomic E-state index is -0.679. The number of nitrogens with one attached hydrogen (secondary N) is 1. The Bertz CT molecular complexity index is 850. The number of carbonyl (C=O) groups is 3. The first-order chi connectivity index (χ1) is 13.5. The highest BCUT2D eigenvalue weighted by atomic mass is 16.5. The van der Waals surface area contributed by atoms with Crippen LogP contribution in [0.25, 0.3) is 11.1 Å². The van der Waals surface area contributed by atoms with Gasteiger partial charge in [0.2, 0.25) is 5.91 Å². The predicted molar refractivity (Wildman–Crippen MR) is 103 cm³/mol. The lowest BCUT2D eigenvalue weighted by Gasteiger charge is -2.17. The fraction of sp³-hybridized carbons (Fsp3) is 0.286. The zero-order valence-corrected chi connectivity index (χ0v) is 15.8. The standard InChI is InChI=1S/C21H22N2O5/c1-23(12-20(25)27-2)19(24)11-22-21(26)28-13-18-16-9-5-3-7-14(16)15-8-4-6-10-17(15)18/h3-10,18H,11-13H2,1-2H3,(H,22,26). The minimum Gasteiger partial charge on any atom is -0.468 e. The molecule has 0 heterocycles. The smallest absolute Gasteiger partial charge is 0.407 e. The van der Waals surface area contributed by atoms with Crippen molar-refractivity contribution in [3.8, 4) is 11.1 Å². The molecule has 2 aromatic carbocycles. The van der Waals surface area contributed by atoms with Crippen molar-refractivity contribution in [2.75, 3.05) is 33.9 Å². The number of rotatable bonds is 6. The van der Waals surface area contributed by atoms with E-state index >= 15 is 0 Å². The maximum Gasteiger partial charge on any atom is 0.407 e. The summed E-state index contributed by atoms with van der Waals surface area (Å²) >= 11 is 0. The number of amides is 2. The minimum absolute atomic E-state index is 0.0455. The van der Waals surface area contributed by atoms with Gasteiger partial charge in [-0.15, -0.1) is 0 Å². The monoisotopic (exact) mass is 382 g/mol. The Kier molecular flexibility index (Phi) is 5.93. The molecule has 7 nitrogen and oxygen atoms in total. The van der Waals surface area contributed by atoms with Crippen LogP contribution in [0.3, 0.4) is 0 Å². The fourth-order valence-electron chi connectivity index (χ4n) is 3.28. The number of fused-ring (bicyclic) bond motifs is 3. The zero-order valence-electron chi connectivity index (χ0n) is 15.8. The molecule has 0 aromatic heterocycles. The van der Waals surface area contributed by atoms with Gasteiger partial charge in [-0.3, -0.25) is 9.59 Å². The summed E-state index contributed by atoms with van der Waals surface area (Å²) < 4.78 is 9.86. The molecule has 2 amide bonds. The molecular weight excluding hydrogens is 360 g/mol. The van der Waals surface area contributed by atoms with E-state index in [0.29, 0.717) is 0 Å². The first-order valence-corrected chi connectivity index (χ1v) is 8.91. The summed E-state index contributed by atoms with van der Waals surface area (Å²) in [5.41, 5.74) is 4.52. The van der Waals surface area contributed by atoms with Crippen molar-refractivity contribution < 1.29 is 23.9 Å². The third-order valence-corrected chi connectivity index (χ3v) is 4.75. The Balaban J connectivity index is 1.55. The lowest BCUT2D eigenvalue weighted by molar-refractivity contribution is -0.145. The normalized spacial score (nSPS) is 11.9. The van der Waals surface area contributed by atoms with Crippen LogP contribution in [0.2, 0.25) is 0 Å². The summed E-state index contributed by atoms with van der Waals surface area (Å²) in [6.07, 6.45) is -0.679. The van der Waals surface area contributed by atoms with Crippen LogP contribution in [0, 0.1) is 0 Å². The van der Waals surface area contributed by atoms with Crippen molar-refractivity contribution in [1.82, 2.24) is 10.2 Å². The first-order valence-electron chi connectivity index (χ1n) is 8.91. The van der Waals surface area contributed by atoms with Gasteiger partial charge >= 0.3 is 12.1 Å². The van der Waals surface area contributed by atoms with Gasteiger partial charge in [-0.25, -0.2) is 4.79 Å². The van der Waals surface area contributed by atoms with Crippen LogP contribution in [-0.2, 0) is 19.1 Å². The second kappa shape index (κ2) is 8.56. The number of nitrogens with zero attached hydrogens (tertiary/aromatic N) is 1. The predicted octanol–water partition coefficient (Wildman–Crippen LogP) is 2.16. The summed E-state index contributed by atoms with van der Waals surface area (Å²) in [6, 6.07) is 16.1. The molecule has 0 aliphatic heterocycles. The fourth-order valence-corrected chi connectivity index (χ4v) is 3.28. The third kappa shape index (κ3) is 4.14. The summed E-state index contributed by atoms with van der Waals surface area (Å²) in [6.45, 7) is -0.266. The van der Waals surface area contributed by atoms with Crippen molar-refractivity contribution in [3.05, 3.63) is 59.7 Å². The number of carbonyl (C=O) groups excluding carboxylic acids is 3. The summed E-state index contributed by atoms with van der Waals surface area (Å²) in [5, 5.41) is 2.42. The van der Waals surface area contributed by atoms with E-state index in [1.54, 1.807) is 0 Å². The van der Waals surface area contributed by atoms with Crippen molar-refractivity contribution in [3.63, 3.8) is 0 Å². The molecule has 0 radical (unpaired) electrons. The van der Waals surface area contributed by atoms with Gasteiger partial charge < -0.3 is 19.7 Å². The topological polar surface area (TPSA) is 84.9 Å². The lowest BCUT2D eigenvalue weighted by atomic mass is 9.98. The molecule has 0 saturated heterocycles. The van der Waals surface area contributed by atoms with Gasteiger partial charge in [-0.05, 0) is 22.3 Å². The second-order valence-electron chi connectivity index (χ2n) is 6.51. The molecule has 3 rings (SSSR count). The van der Waals surface area contributed by atoms with E-state index in [1.807, 2.05) is 36.4 Å². The van der Waals surface area contributed by atoms with Crippen LogP contribution in [0.15, 0.2) is 48.5 Å². The molecule has 2 aromatic rings. The van der Waals surface area contributed by atoms with Gasteiger partial charge in [-0.1, -0.05) is 48.5 Å². The van der Waals surface area contributed by atoms with Crippen molar-refractivity contribution in [1.29, 1.82) is 0 Å². The van der Waals surface area contributed by atoms with Gasteiger partial charge in [0.25, 0.3) is 0 Å². The molecule has 28 heavy (non-hydrogen) atoms. The number of hydrogen-bond acceptors (Lipinski definition) is 5. The summed E-state index contributed by atoms with van der Waals surface area (Å²) in [4.78, 5) is 36.3. The SMILES string of the molecule is COC(=O)CN(C)C(=O)CNC(=O)OCC1c2ccccc2-c2ccccc21. The number of ether oxygens (including phenoxy) is 2. The van der Waals surface area contributed by atoms with Gasteiger partial charge in [0.1, 0.15) is 19.7 Å². The molecule has 0 fully saturated rings. The van der Waals surface area contributed by atoms with Crippen LogP contribution in [0.4, 0.5) is 4.79 Å². The number of hydrogen-bond donors (Lipinski definition) is 1. The van der Waals surface area contributed by atoms with E-state index in [-0.39, 0.29) is 25.6 Å². The van der Waals surface area contributed by atoms with E-state index in [9.17, 15) is 14.4 Å². The molecule has 0 spiro atoms. The molecule has 1 aliphatic carbocycles. The molecule has 7 heteroatoms. The number of benzene rings is 2. The Morgan fingerprint density at radius 3 is 2.14 bits per heavy atom. The lowest BCUT2D eigenvalue weighted by Crippen LogP contribution is -2.40. The average molecular weight is 382 g/mol. The van der Waals surface area contributed by atoms with Gasteiger partial charge in [0.15, 0.2) is 0 Å². The van der Waals surface area contributed by atoms with E-state index in [1.165, 1.54) is 19.1 Å². The number of alkyl carbamates (subject to hydrolysis) is 1. The number of methoxy groups -OCH3 is 1.